The molecule has 2 heteroatoms. The van der Waals surface area contributed by atoms with E-state index in [-0.39, 0.29) is 35.3 Å². The van der Waals surface area contributed by atoms with Gasteiger partial charge in [0.05, 0.1) is 0 Å². The predicted octanol–water partition coefficient (Wildman–Crippen LogP) is 14.0. The third-order valence-corrected chi connectivity index (χ3v) is 11.9. The van der Waals surface area contributed by atoms with E-state index in [9.17, 15) is 0 Å². The molecular formula is C48H43FeP. The Labute approximate surface area is 311 Å². The molecule has 6 aromatic carbocycles. The van der Waals surface area contributed by atoms with Gasteiger partial charge in [-0.05, 0) is 21.4 Å². The van der Waals surface area contributed by atoms with Gasteiger partial charge in [0, 0.05) is 0 Å². The van der Waals surface area contributed by atoms with Crippen molar-refractivity contribution in [3.8, 4) is 55.6 Å². The minimum Gasteiger partial charge on any atom is -0.286 e. The number of benzene rings is 5. The third-order valence-electron chi connectivity index (χ3n) is 8.55. The molecule has 0 aromatic heterocycles. The van der Waals surface area contributed by atoms with E-state index in [2.05, 4.69) is 216 Å². The van der Waals surface area contributed by atoms with Crippen LogP contribution in [0.5, 0.6) is 0 Å². The number of allylic oxidation sites excluding steroid dienone is 2. The first-order valence-electron chi connectivity index (χ1n) is 17.0. The topological polar surface area (TPSA) is 0 Å². The van der Waals surface area contributed by atoms with E-state index in [4.69, 9.17) is 0 Å². The molecule has 0 amide bonds. The smallest absolute Gasteiger partial charge is 0.286 e. The molecule has 0 saturated heterocycles. The number of rotatable bonds is 6. The van der Waals surface area contributed by atoms with Crippen LogP contribution in [0, 0.1) is 6.08 Å². The normalized spacial score (nSPS) is 11.9. The molecule has 6 aromatic rings. The van der Waals surface area contributed by atoms with Crippen LogP contribution in [0.1, 0.15) is 41.5 Å². The maximum absolute atomic E-state index is 3.14. The van der Waals surface area contributed by atoms with Crippen molar-refractivity contribution in [3.05, 3.63) is 180 Å². The molecule has 0 bridgehead atoms. The van der Waals surface area contributed by atoms with Crippen LogP contribution < -0.4 is 0 Å². The van der Waals surface area contributed by atoms with Gasteiger partial charge in [0.15, 0.2) is 0 Å². The second kappa shape index (κ2) is 16.0. The monoisotopic (exact) mass is 706 g/mol. The molecule has 0 radical (unpaired) electrons. The minimum atomic E-state index is -0.274. The fraction of sp³-hybridized carbons (Fsp3) is 0.167. The molecule has 7 rings (SSSR count). The summed E-state index contributed by atoms with van der Waals surface area (Å²) >= 11 is 0. The maximum atomic E-state index is 3.14. The average molecular weight is 707 g/mol. The van der Waals surface area contributed by atoms with Crippen molar-refractivity contribution in [2.75, 3.05) is 0 Å². The summed E-state index contributed by atoms with van der Waals surface area (Å²) in [5.74, 6) is 0. The quantitative estimate of drug-likeness (QED) is 0.0700. The largest absolute Gasteiger partial charge is 2.00 e. The van der Waals surface area contributed by atoms with Gasteiger partial charge in [-0.3, -0.25) is 11.5 Å². The maximum Gasteiger partial charge on any atom is 2.00 e. The van der Waals surface area contributed by atoms with Gasteiger partial charge in [0.1, 0.15) is 0 Å². The molecule has 0 N–H and O–H groups in total. The summed E-state index contributed by atoms with van der Waals surface area (Å²) in [4.78, 5) is 0. The summed E-state index contributed by atoms with van der Waals surface area (Å²) in [5.41, 5.74) is 21.4. The average Bonchev–Trinajstić information content (AvgIpc) is 3.76. The van der Waals surface area contributed by atoms with Crippen LogP contribution in [-0.2, 0) is 17.1 Å². The second-order valence-electron chi connectivity index (χ2n) is 14.2. The fourth-order valence-electron chi connectivity index (χ4n) is 7.09. The zero-order valence-corrected chi connectivity index (χ0v) is 31.7. The van der Waals surface area contributed by atoms with Crippen molar-refractivity contribution in [1.29, 1.82) is 0 Å². The Hall–Kier alpha value is -4.52. The molecule has 0 aliphatic heterocycles. The van der Waals surface area contributed by atoms with Crippen LogP contribution in [0.3, 0.4) is 0 Å². The number of hydrogen-bond acceptors (Lipinski definition) is 0. The van der Waals surface area contributed by atoms with Gasteiger partial charge in [-0.1, -0.05) is 246 Å². The van der Waals surface area contributed by atoms with Crippen molar-refractivity contribution in [2.45, 2.75) is 51.9 Å². The van der Waals surface area contributed by atoms with E-state index >= 15 is 0 Å². The van der Waals surface area contributed by atoms with Crippen LogP contribution >= 0.6 is 7.92 Å². The molecule has 0 unspecified atom stereocenters. The Balaban J connectivity index is 0.000000275. The molecule has 0 nitrogen and oxygen atoms in total. The Morgan fingerprint density at radius 3 is 1.14 bits per heavy atom. The molecule has 0 spiro atoms. The molecule has 0 heterocycles. The summed E-state index contributed by atoms with van der Waals surface area (Å²) in [6, 6.07) is 54.1. The van der Waals surface area contributed by atoms with Crippen molar-refractivity contribution >= 4 is 7.92 Å². The summed E-state index contributed by atoms with van der Waals surface area (Å²) in [5, 5.41) is 1.76. The molecular weight excluding hydrogens is 663 g/mol. The number of hydrogen-bond donors (Lipinski definition) is 0. The van der Waals surface area contributed by atoms with Crippen LogP contribution in [0.25, 0.3) is 55.6 Å². The SMILES string of the molecule is CC(C)(C)P(C1=C=C=C=[C-]1)C(C)(C)C.[Fe+2].c1ccc(-c2c(-c3ccccc3)c(-c3ccccc3)[c-](-c3ccccc3)c2-c2ccccc2)cc1. The Kier molecular flexibility index (Phi) is 11.8. The third kappa shape index (κ3) is 8.09. The van der Waals surface area contributed by atoms with Gasteiger partial charge in [-0.15, -0.1) is 11.4 Å². The van der Waals surface area contributed by atoms with Crippen molar-refractivity contribution in [3.63, 3.8) is 0 Å². The Bertz CT molecular complexity index is 1830. The molecule has 50 heavy (non-hydrogen) atoms. The zero-order valence-electron chi connectivity index (χ0n) is 29.7. The van der Waals surface area contributed by atoms with E-state index in [1.807, 2.05) is 0 Å². The van der Waals surface area contributed by atoms with Gasteiger partial charge in [-0.2, -0.15) is 0 Å². The van der Waals surface area contributed by atoms with E-state index in [1.54, 1.807) is 0 Å². The summed E-state index contributed by atoms with van der Waals surface area (Å²) in [6.45, 7) is 13.7. The van der Waals surface area contributed by atoms with Crippen LogP contribution in [0.15, 0.2) is 174 Å². The fourth-order valence-corrected chi connectivity index (χ4v) is 10.8. The first kappa shape index (κ1) is 36.8. The minimum absolute atomic E-state index is 0. The van der Waals surface area contributed by atoms with E-state index in [1.165, 1.54) is 60.9 Å². The van der Waals surface area contributed by atoms with E-state index in [0.717, 1.165) is 0 Å². The van der Waals surface area contributed by atoms with Gasteiger partial charge < -0.3 is 0 Å². The van der Waals surface area contributed by atoms with Crippen molar-refractivity contribution in [1.82, 2.24) is 0 Å². The Morgan fingerprint density at radius 2 is 0.820 bits per heavy atom. The molecule has 0 atom stereocenters. The molecule has 0 saturated carbocycles. The van der Waals surface area contributed by atoms with Gasteiger partial charge in [0.2, 0.25) is 0 Å². The van der Waals surface area contributed by atoms with Gasteiger partial charge in [0.25, 0.3) is 0 Å². The van der Waals surface area contributed by atoms with Crippen LogP contribution in [-0.4, -0.2) is 10.3 Å². The van der Waals surface area contributed by atoms with E-state index < -0.39 is 0 Å². The van der Waals surface area contributed by atoms with Crippen molar-refractivity contribution in [2.24, 2.45) is 0 Å². The van der Waals surface area contributed by atoms with Crippen molar-refractivity contribution < 1.29 is 17.1 Å². The predicted molar refractivity (Wildman–Crippen MR) is 213 cm³/mol. The summed E-state index contributed by atoms with van der Waals surface area (Å²) in [6.07, 6.45) is 3.14. The first-order chi connectivity index (χ1) is 23.6. The Morgan fingerprint density at radius 1 is 0.480 bits per heavy atom. The van der Waals surface area contributed by atoms with Gasteiger partial charge in [-0.25, -0.2) is 5.73 Å². The van der Waals surface area contributed by atoms with Gasteiger partial charge >= 0.3 is 17.1 Å². The van der Waals surface area contributed by atoms with Crippen LogP contribution in [0.2, 0.25) is 0 Å². The molecule has 1 aliphatic rings. The molecule has 248 valence electrons. The zero-order chi connectivity index (χ0) is 34.4. The summed E-state index contributed by atoms with van der Waals surface area (Å²) < 4.78 is 0. The second-order valence-corrected chi connectivity index (χ2v) is 18.0. The molecule has 1 aliphatic carbocycles. The summed E-state index contributed by atoms with van der Waals surface area (Å²) in [7, 11) is -0.274. The first-order valence-corrected chi connectivity index (χ1v) is 18.3. The molecule has 0 fully saturated rings. The van der Waals surface area contributed by atoms with E-state index in [0.29, 0.717) is 0 Å². The standard InChI is InChI=1S/C35H25.C13H18P.Fe/c1-6-16-26(17-7-1)31-32(27-18-8-2-9-19-27)34(29-22-12-4-13-23-29)35(30-24-14-5-15-25-30)33(31)28-20-10-3-11-21-28;1-12(2,3)14(13(4,5)6)11-9-7-8-10-11;/h1-25H;1-6H3;/q2*-1;+2. The van der Waals surface area contributed by atoms with Crippen LogP contribution in [0.4, 0.5) is 0 Å².